The van der Waals surface area contributed by atoms with Crippen molar-refractivity contribution in [3.05, 3.63) is 93.8 Å². The molecule has 1 aliphatic rings. The molecule has 1 unspecified atom stereocenters. The molecule has 1 N–H and O–H groups in total. The number of methoxy groups -OCH3 is 3. The van der Waals surface area contributed by atoms with E-state index >= 15 is 0 Å². The van der Waals surface area contributed by atoms with E-state index in [-0.39, 0.29) is 29.3 Å². The van der Waals surface area contributed by atoms with E-state index in [9.17, 15) is 19.1 Å². The van der Waals surface area contributed by atoms with Gasteiger partial charge in [0.15, 0.2) is 11.5 Å². The maximum absolute atomic E-state index is 13.4. The number of benzene rings is 3. The molecule has 7 nitrogen and oxygen atoms in total. The zero-order valence-corrected chi connectivity index (χ0v) is 21.2. The molecule has 1 amide bonds. The number of aliphatic hydroxyl groups is 1. The molecule has 1 saturated heterocycles. The first-order chi connectivity index (χ1) is 17.8. The molecule has 0 radical (unpaired) electrons. The number of rotatable bonds is 8. The molecular formula is C28H25ClFNO6. The van der Waals surface area contributed by atoms with Crippen LogP contribution < -0.4 is 14.2 Å². The van der Waals surface area contributed by atoms with Crippen molar-refractivity contribution in [3.8, 4) is 17.2 Å². The Bertz CT molecular complexity index is 1370. The van der Waals surface area contributed by atoms with Gasteiger partial charge in [-0.05, 0) is 60.0 Å². The SMILES string of the molecule is COc1cc(/C(O)=C2/C(=O)C(=O)N(CCc3ccc(F)cc3)C2c2ccc(OC)c(OC)c2)ccc1Cl. The Balaban J connectivity index is 1.83. The van der Waals surface area contributed by atoms with Gasteiger partial charge < -0.3 is 24.2 Å². The van der Waals surface area contributed by atoms with Crippen LogP contribution in [0.5, 0.6) is 17.2 Å². The highest BCUT2D eigenvalue weighted by Gasteiger charge is 2.46. The van der Waals surface area contributed by atoms with Crippen molar-refractivity contribution in [2.24, 2.45) is 0 Å². The normalized spacial score (nSPS) is 16.7. The van der Waals surface area contributed by atoms with Crippen LogP contribution in [0.15, 0.2) is 66.2 Å². The lowest BCUT2D eigenvalue weighted by Gasteiger charge is -2.26. The summed E-state index contributed by atoms with van der Waals surface area (Å²) in [5.41, 5.74) is 1.51. The second kappa shape index (κ2) is 10.9. The van der Waals surface area contributed by atoms with Crippen LogP contribution in [-0.2, 0) is 16.0 Å². The van der Waals surface area contributed by atoms with E-state index in [1.54, 1.807) is 30.3 Å². The molecule has 0 saturated carbocycles. The van der Waals surface area contributed by atoms with Gasteiger partial charge in [0.25, 0.3) is 11.7 Å². The van der Waals surface area contributed by atoms with E-state index < -0.39 is 17.7 Å². The second-order valence-corrected chi connectivity index (χ2v) is 8.74. The van der Waals surface area contributed by atoms with Crippen LogP contribution in [-0.4, -0.2) is 49.6 Å². The number of halogens is 2. The van der Waals surface area contributed by atoms with Gasteiger partial charge in [0, 0.05) is 12.1 Å². The molecule has 4 rings (SSSR count). The van der Waals surface area contributed by atoms with E-state index in [2.05, 4.69) is 0 Å². The van der Waals surface area contributed by atoms with Gasteiger partial charge in [-0.3, -0.25) is 9.59 Å². The average Bonchev–Trinajstić information content (AvgIpc) is 3.17. The lowest BCUT2D eigenvalue weighted by molar-refractivity contribution is -0.139. The van der Waals surface area contributed by atoms with Crippen molar-refractivity contribution in [2.45, 2.75) is 12.5 Å². The number of Topliss-reactive ketones (excluding diaryl/α,β-unsaturated/α-hetero) is 1. The van der Waals surface area contributed by atoms with Gasteiger partial charge in [0.2, 0.25) is 0 Å². The molecule has 37 heavy (non-hydrogen) atoms. The van der Waals surface area contributed by atoms with Gasteiger partial charge in [0.1, 0.15) is 17.3 Å². The maximum atomic E-state index is 13.4. The number of nitrogens with zero attached hydrogens (tertiary/aromatic N) is 1. The minimum atomic E-state index is -0.915. The highest BCUT2D eigenvalue weighted by Crippen LogP contribution is 2.42. The van der Waals surface area contributed by atoms with E-state index in [1.807, 2.05) is 0 Å². The Labute approximate surface area is 218 Å². The number of hydrogen-bond donors (Lipinski definition) is 1. The fourth-order valence-electron chi connectivity index (χ4n) is 4.34. The second-order valence-electron chi connectivity index (χ2n) is 8.33. The monoisotopic (exact) mass is 525 g/mol. The Hall–Kier alpha value is -4.04. The topological polar surface area (TPSA) is 85.3 Å². The molecule has 1 fully saturated rings. The third-order valence-electron chi connectivity index (χ3n) is 6.24. The molecular weight excluding hydrogens is 501 g/mol. The van der Waals surface area contributed by atoms with E-state index in [1.165, 1.54) is 56.6 Å². The van der Waals surface area contributed by atoms with E-state index in [4.69, 9.17) is 25.8 Å². The number of ether oxygens (including phenoxy) is 3. The largest absolute Gasteiger partial charge is 0.507 e. The van der Waals surface area contributed by atoms with Crippen molar-refractivity contribution >= 4 is 29.1 Å². The molecule has 192 valence electrons. The molecule has 1 atom stereocenters. The highest BCUT2D eigenvalue weighted by atomic mass is 35.5. The summed E-state index contributed by atoms with van der Waals surface area (Å²) in [5, 5.41) is 11.6. The summed E-state index contributed by atoms with van der Waals surface area (Å²) in [6, 6.07) is 14.6. The average molecular weight is 526 g/mol. The standard InChI is InChI=1S/C28H25ClFNO6/c1-35-21-11-7-17(14-23(21)37-3)25-24(26(32)18-6-10-20(29)22(15-18)36-2)27(33)28(34)31(25)13-12-16-4-8-19(30)9-5-16/h4-11,14-15,25,32H,12-13H2,1-3H3/b26-24-. The molecule has 0 spiro atoms. The lowest BCUT2D eigenvalue weighted by Crippen LogP contribution is -2.31. The van der Waals surface area contributed by atoms with Crippen molar-refractivity contribution < 1.29 is 33.3 Å². The van der Waals surface area contributed by atoms with Crippen LogP contribution in [0.4, 0.5) is 4.39 Å². The lowest BCUT2D eigenvalue weighted by atomic mass is 9.94. The quantitative estimate of drug-likeness (QED) is 0.248. The fourth-order valence-corrected chi connectivity index (χ4v) is 4.54. The molecule has 0 aliphatic carbocycles. The number of carbonyl (C=O) groups excluding carboxylic acids is 2. The third kappa shape index (κ3) is 5.11. The number of hydrogen-bond acceptors (Lipinski definition) is 6. The van der Waals surface area contributed by atoms with Crippen LogP contribution in [0, 0.1) is 5.82 Å². The number of ketones is 1. The number of amides is 1. The molecule has 1 heterocycles. The first-order valence-corrected chi connectivity index (χ1v) is 11.8. The van der Waals surface area contributed by atoms with Crippen LogP contribution in [0.1, 0.15) is 22.7 Å². The van der Waals surface area contributed by atoms with Gasteiger partial charge >= 0.3 is 0 Å². The van der Waals surface area contributed by atoms with Crippen molar-refractivity contribution in [3.63, 3.8) is 0 Å². The van der Waals surface area contributed by atoms with Gasteiger partial charge in [-0.25, -0.2) is 4.39 Å². The van der Waals surface area contributed by atoms with Crippen molar-refractivity contribution in [1.82, 2.24) is 4.90 Å². The predicted octanol–water partition coefficient (Wildman–Crippen LogP) is 5.17. The summed E-state index contributed by atoms with van der Waals surface area (Å²) in [6.45, 7) is 0.149. The third-order valence-corrected chi connectivity index (χ3v) is 6.55. The Kier molecular flexibility index (Phi) is 7.69. The minimum absolute atomic E-state index is 0.0827. The number of likely N-dealkylation sites (tertiary alicyclic amines) is 1. The fraction of sp³-hybridized carbons (Fsp3) is 0.214. The van der Waals surface area contributed by atoms with Gasteiger partial charge in [-0.2, -0.15) is 0 Å². The zero-order valence-electron chi connectivity index (χ0n) is 20.5. The molecule has 1 aliphatic heterocycles. The summed E-state index contributed by atoms with van der Waals surface area (Å²) in [6.07, 6.45) is 0.367. The molecule has 3 aromatic rings. The molecule has 3 aromatic carbocycles. The van der Waals surface area contributed by atoms with Crippen LogP contribution >= 0.6 is 11.6 Å². The van der Waals surface area contributed by atoms with Gasteiger partial charge in [-0.15, -0.1) is 0 Å². The summed E-state index contributed by atoms with van der Waals surface area (Å²) >= 11 is 6.13. The van der Waals surface area contributed by atoms with Gasteiger partial charge in [0.05, 0.1) is 38.0 Å². The van der Waals surface area contributed by atoms with Crippen molar-refractivity contribution in [2.75, 3.05) is 27.9 Å². The van der Waals surface area contributed by atoms with E-state index in [0.29, 0.717) is 34.3 Å². The maximum Gasteiger partial charge on any atom is 0.295 e. The number of aliphatic hydroxyl groups excluding tert-OH is 1. The molecule has 0 bridgehead atoms. The summed E-state index contributed by atoms with van der Waals surface area (Å²) in [5.74, 6) is -1.15. The first-order valence-electron chi connectivity index (χ1n) is 11.4. The summed E-state index contributed by atoms with van der Waals surface area (Å²) in [4.78, 5) is 27.9. The molecule has 9 heteroatoms. The Morgan fingerprint density at radius 1 is 0.919 bits per heavy atom. The smallest absolute Gasteiger partial charge is 0.295 e. The zero-order chi connectivity index (χ0) is 26.7. The predicted molar refractivity (Wildman–Crippen MR) is 137 cm³/mol. The minimum Gasteiger partial charge on any atom is -0.507 e. The van der Waals surface area contributed by atoms with Crippen LogP contribution in [0.2, 0.25) is 5.02 Å². The van der Waals surface area contributed by atoms with E-state index in [0.717, 1.165) is 5.56 Å². The molecule has 0 aromatic heterocycles. The highest BCUT2D eigenvalue weighted by molar-refractivity contribution is 6.46. The van der Waals surface area contributed by atoms with Gasteiger partial charge in [-0.1, -0.05) is 29.8 Å². The van der Waals surface area contributed by atoms with Crippen LogP contribution in [0.3, 0.4) is 0 Å². The summed E-state index contributed by atoms with van der Waals surface area (Å²) < 4.78 is 29.4. The Morgan fingerprint density at radius 3 is 2.24 bits per heavy atom. The van der Waals surface area contributed by atoms with Crippen LogP contribution in [0.25, 0.3) is 5.76 Å². The van der Waals surface area contributed by atoms with Crippen molar-refractivity contribution in [1.29, 1.82) is 0 Å². The summed E-state index contributed by atoms with van der Waals surface area (Å²) in [7, 11) is 4.41. The number of carbonyl (C=O) groups is 2. The Morgan fingerprint density at radius 2 is 1.59 bits per heavy atom. The first kappa shape index (κ1) is 26.0.